The molecule has 7 nitrogen and oxygen atoms in total. The minimum absolute atomic E-state index is 0.0975. The second-order valence-electron chi connectivity index (χ2n) is 9.33. The zero-order valence-corrected chi connectivity index (χ0v) is 22.4. The first-order chi connectivity index (χ1) is 18.4. The number of anilines is 2. The van der Waals surface area contributed by atoms with Gasteiger partial charge in [-0.3, -0.25) is 9.59 Å². The van der Waals surface area contributed by atoms with Crippen molar-refractivity contribution in [1.29, 1.82) is 0 Å². The van der Waals surface area contributed by atoms with Crippen LogP contribution in [0.25, 0.3) is 11.3 Å². The number of hydrogen-bond acceptors (Lipinski definition) is 7. The van der Waals surface area contributed by atoms with Crippen LogP contribution < -0.4 is 19.7 Å². The topological polar surface area (TPSA) is 80.8 Å². The van der Waals surface area contributed by atoms with Gasteiger partial charge in [-0.1, -0.05) is 36.4 Å². The molecule has 0 saturated carbocycles. The van der Waals surface area contributed by atoms with Crippen LogP contribution in [0.2, 0.25) is 0 Å². The van der Waals surface area contributed by atoms with Gasteiger partial charge in [0, 0.05) is 35.3 Å². The molecule has 38 heavy (non-hydrogen) atoms. The van der Waals surface area contributed by atoms with Crippen molar-refractivity contribution < 1.29 is 19.1 Å². The average Bonchev–Trinajstić information content (AvgIpc) is 3.63. The van der Waals surface area contributed by atoms with Crippen LogP contribution in [-0.4, -0.2) is 37.6 Å². The molecule has 6 rings (SSSR count). The van der Waals surface area contributed by atoms with E-state index in [1.165, 1.54) is 22.6 Å². The number of fused-ring (bicyclic) bond motifs is 2. The predicted octanol–water partition coefficient (Wildman–Crippen LogP) is 5.83. The highest BCUT2D eigenvalue weighted by molar-refractivity contribution is 7.16. The molecule has 2 aliphatic rings. The molecule has 1 aromatic heterocycles. The Morgan fingerprint density at radius 1 is 1.08 bits per heavy atom. The number of amides is 1. The van der Waals surface area contributed by atoms with Crippen molar-refractivity contribution >= 4 is 34.3 Å². The molecule has 0 fully saturated rings. The molecule has 1 N–H and O–H groups in total. The average molecular weight is 528 g/mol. The van der Waals surface area contributed by atoms with Gasteiger partial charge in [0.2, 0.25) is 12.7 Å². The number of carbonyl (C=O) groups excluding carboxylic acids is 2. The van der Waals surface area contributed by atoms with E-state index in [1.807, 2.05) is 56.3 Å². The molecule has 0 aliphatic carbocycles. The third kappa shape index (κ3) is 5.55. The Morgan fingerprint density at radius 3 is 2.68 bits per heavy atom. The summed E-state index contributed by atoms with van der Waals surface area (Å²) in [5.41, 5.74) is 7.37. The summed E-state index contributed by atoms with van der Waals surface area (Å²) >= 11 is 1.50. The Labute approximate surface area is 226 Å². The Morgan fingerprint density at radius 2 is 1.89 bits per heavy atom. The van der Waals surface area contributed by atoms with Gasteiger partial charge >= 0.3 is 0 Å². The Kier molecular flexibility index (Phi) is 7.42. The van der Waals surface area contributed by atoms with E-state index in [0.717, 1.165) is 57.8 Å². The lowest BCUT2D eigenvalue weighted by molar-refractivity contribution is -0.115. The van der Waals surface area contributed by atoms with Crippen molar-refractivity contribution in [3.63, 3.8) is 0 Å². The first-order valence-corrected chi connectivity index (χ1v) is 13.2. The highest BCUT2D eigenvalue weighted by Gasteiger charge is 2.19. The number of aromatic nitrogens is 1. The molecule has 0 atom stereocenters. The molecule has 1 amide bonds. The van der Waals surface area contributed by atoms with E-state index in [-0.39, 0.29) is 19.1 Å². The van der Waals surface area contributed by atoms with Gasteiger partial charge in [-0.15, -0.1) is 11.3 Å². The molecule has 0 unspecified atom stereocenters. The van der Waals surface area contributed by atoms with Crippen LogP contribution in [-0.2, 0) is 17.6 Å². The SMILES string of the molecule is Cc1ccccc1C=O.Cc1sc(NC(=O)Cc2ccc3c(c2)OCO3)nc1-c1ccc2c(c1)CCN2C. The summed E-state index contributed by atoms with van der Waals surface area (Å²) < 4.78 is 10.7. The Bertz CT molecular complexity index is 1500. The molecule has 2 aliphatic heterocycles. The summed E-state index contributed by atoms with van der Waals surface area (Å²) in [5.74, 6) is 1.31. The van der Waals surface area contributed by atoms with E-state index in [9.17, 15) is 9.59 Å². The number of aryl methyl sites for hydroxylation is 2. The van der Waals surface area contributed by atoms with E-state index in [4.69, 9.17) is 14.5 Å². The fourth-order valence-corrected chi connectivity index (χ4v) is 5.40. The normalized spacial score (nSPS) is 13.0. The predicted molar refractivity (Wildman–Crippen MR) is 151 cm³/mol. The molecule has 0 radical (unpaired) electrons. The van der Waals surface area contributed by atoms with Gasteiger partial charge in [0.25, 0.3) is 0 Å². The molecule has 8 heteroatoms. The summed E-state index contributed by atoms with van der Waals surface area (Å²) in [7, 11) is 2.12. The summed E-state index contributed by atoms with van der Waals surface area (Å²) in [6.45, 7) is 5.24. The molecule has 4 aromatic rings. The third-order valence-electron chi connectivity index (χ3n) is 6.64. The van der Waals surface area contributed by atoms with Crippen molar-refractivity contribution in [2.24, 2.45) is 0 Å². The standard InChI is InChI=1S/C22H21N3O3S.C8H8O/c1-13-21(16-4-5-17-15(11-16)7-8-25(17)2)24-22(29-13)23-20(26)10-14-3-6-18-19(9-14)28-12-27-18;1-7-4-2-3-5-8(7)6-9/h3-6,9,11H,7-8,10,12H2,1-2H3,(H,23,24,26);2-6H,1H3. The molecule has 0 saturated heterocycles. The monoisotopic (exact) mass is 527 g/mol. The van der Waals surface area contributed by atoms with Crippen molar-refractivity contribution in [3.8, 4) is 22.8 Å². The fourth-order valence-electron chi connectivity index (χ4n) is 4.55. The van der Waals surface area contributed by atoms with Crippen molar-refractivity contribution in [2.75, 3.05) is 30.6 Å². The van der Waals surface area contributed by atoms with Gasteiger partial charge in [0.1, 0.15) is 6.29 Å². The van der Waals surface area contributed by atoms with E-state index in [1.54, 1.807) is 0 Å². The van der Waals surface area contributed by atoms with Crippen molar-refractivity contribution in [2.45, 2.75) is 26.7 Å². The summed E-state index contributed by atoms with van der Waals surface area (Å²) in [5, 5.41) is 3.56. The van der Waals surface area contributed by atoms with E-state index in [2.05, 4.69) is 35.5 Å². The molecular formula is C30H29N3O4S. The second-order valence-corrected chi connectivity index (χ2v) is 10.5. The first-order valence-electron chi connectivity index (χ1n) is 12.4. The maximum Gasteiger partial charge on any atom is 0.231 e. The number of benzene rings is 3. The summed E-state index contributed by atoms with van der Waals surface area (Å²) in [4.78, 5) is 30.8. The molecular weight excluding hydrogens is 498 g/mol. The van der Waals surface area contributed by atoms with E-state index in [0.29, 0.717) is 10.9 Å². The molecule has 0 spiro atoms. The third-order valence-corrected chi connectivity index (χ3v) is 7.53. The van der Waals surface area contributed by atoms with Gasteiger partial charge in [0.15, 0.2) is 16.6 Å². The van der Waals surface area contributed by atoms with Crippen LogP contribution >= 0.6 is 11.3 Å². The number of nitrogens with one attached hydrogen (secondary N) is 1. The number of nitrogens with zero attached hydrogens (tertiary/aromatic N) is 2. The number of ether oxygens (including phenoxy) is 2. The van der Waals surface area contributed by atoms with Crippen molar-refractivity contribution in [3.05, 3.63) is 87.8 Å². The smallest absolute Gasteiger partial charge is 0.231 e. The number of hydrogen-bond donors (Lipinski definition) is 1. The minimum atomic E-state index is -0.0975. The highest BCUT2D eigenvalue weighted by atomic mass is 32.1. The van der Waals surface area contributed by atoms with E-state index >= 15 is 0 Å². The fraction of sp³-hybridized carbons (Fsp3) is 0.233. The van der Waals surface area contributed by atoms with Crippen molar-refractivity contribution in [1.82, 2.24) is 4.98 Å². The van der Waals surface area contributed by atoms with Crippen LogP contribution in [0.1, 0.15) is 31.9 Å². The lowest BCUT2D eigenvalue weighted by atomic mass is 10.1. The Balaban J connectivity index is 0.000000278. The van der Waals surface area contributed by atoms with E-state index < -0.39 is 0 Å². The van der Waals surface area contributed by atoms with Crippen LogP contribution in [0.4, 0.5) is 10.8 Å². The lowest BCUT2D eigenvalue weighted by Gasteiger charge is -2.11. The summed E-state index contributed by atoms with van der Waals surface area (Å²) in [6.07, 6.45) is 2.19. The quantitative estimate of drug-likeness (QED) is 0.329. The van der Waals surface area contributed by atoms with Gasteiger partial charge < -0.3 is 19.7 Å². The van der Waals surface area contributed by atoms with Gasteiger partial charge in [-0.05, 0) is 61.2 Å². The maximum atomic E-state index is 12.5. The van der Waals surface area contributed by atoms with Gasteiger partial charge in [0.05, 0.1) is 12.1 Å². The first kappa shape index (κ1) is 25.5. The van der Waals surface area contributed by atoms with Crippen LogP contribution in [0.3, 0.4) is 0 Å². The number of carbonyl (C=O) groups is 2. The van der Waals surface area contributed by atoms with Crippen LogP contribution in [0, 0.1) is 13.8 Å². The van der Waals surface area contributed by atoms with Gasteiger partial charge in [-0.25, -0.2) is 4.98 Å². The number of likely N-dealkylation sites (N-methyl/N-ethyl adjacent to an activating group) is 1. The number of rotatable bonds is 5. The minimum Gasteiger partial charge on any atom is -0.454 e. The zero-order valence-electron chi connectivity index (χ0n) is 21.6. The lowest BCUT2D eigenvalue weighted by Crippen LogP contribution is -2.14. The van der Waals surface area contributed by atoms with Crippen LogP contribution in [0.15, 0.2) is 60.7 Å². The van der Waals surface area contributed by atoms with Crippen LogP contribution in [0.5, 0.6) is 11.5 Å². The maximum absolute atomic E-state index is 12.5. The highest BCUT2D eigenvalue weighted by Crippen LogP contribution is 2.36. The number of thiazole rings is 1. The second kappa shape index (κ2) is 11.1. The zero-order chi connectivity index (χ0) is 26.6. The number of aldehydes is 1. The molecule has 3 heterocycles. The molecule has 3 aromatic carbocycles. The Hall–Kier alpha value is -4.17. The molecule has 194 valence electrons. The molecule has 0 bridgehead atoms. The van der Waals surface area contributed by atoms with Gasteiger partial charge in [-0.2, -0.15) is 0 Å². The summed E-state index contributed by atoms with van der Waals surface area (Å²) in [6, 6.07) is 19.6. The largest absolute Gasteiger partial charge is 0.454 e.